The molecular weight excluding hydrogens is 300 g/mol. The molecule has 4 unspecified atom stereocenters. The van der Waals surface area contributed by atoms with Crippen LogP contribution in [0.2, 0.25) is 0 Å². The normalized spacial score (nSPS) is 57.5. The van der Waals surface area contributed by atoms with Crippen LogP contribution in [0.25, 0.3) is 0 Å². The highest BCUT2D eigenvalue weighted by Crippen LogP contribution is 2.70. The summed E-state index contributed by atoms with van der Waals surface area (Å²) < 4.78 is 0. The molecule has 0 amide bonds. The minimum absolute atomic E-state index is 0.0872. The number of thioether (sulfide) groups is 1. The molecule has 6 aliphatic rings. The number of fused-ring (bicyclic) bond motifs is 2. The lowest BCUT2D eigenvalue weighted by atomic mass is 9.39. The molecule has 2 heterocycles. The zero-order valence-electron chi connectivity index (χ0n) is 14.9. The molecular formula is C21H32OS. The fourth-order valence-corrected chi connectivity index (χ4v) is 10.3. The van der Waals surface area contributed by atoms with Crippen LogP contribution in [0.4, 0.5) is 0 Å². The molecule has 6 bridgehead atoms. The van der Waals surface area contributed by atoms with Gasteiger partial charge in [0.15, 0.2) is 0 Å². The van der Waals surface area contributed by atoms with Crippen molar-refractivity contribution in [3.63, 3.8) is 0 Å². The Kier molecular flexibility index (Phi) is 3.19. The number of Topliss-reactive ketones (excluding diaryl/α,β-unsaturated/α-hetero) is 1. The molecule has 128 valence electrons. The Balaban J connectivity index is 1.43. The number of carbonyl (C=O) groups excluding carboxylic acids is 1. The SMILES string of the molecule is CC12CC3CC(C)(C1)CC(C(=O)C1CC4CCCC(C1)S4)(C3)C2. The summed E-state index contributed by atoms with van der Waals surface area (Å²) in [4.78, 5) is 13.8. The molecule has 0 N–H and O–H groups in total. The smallest absolute Gasteiger partial charge is 0.142 e. The van der Waals surface area contributed by atoms with Gasteiger partial charge in [-0.2, -0.15) is 11.8 Å². The van der Waals surface area contributed by atoms with Crippen molar-refractivity contribution in [2.75, 3.05) is 0 Å². The maximum Gasteiger partial charge on any atom is 0.142 e. The van der Waals surface area contributed by atoms with E-state index in [2.05, 4.69) is 25.6 Å². The molecule has 1 nitrogen and oxygen atoms in total. The first kappa shape index (κ1) is 15.3. The monoisotopic (exact) mass is 332 g/mol. The van der Waals surface area contributed by atoms with Gasteiger partial charge in [-0.05, 0) is 81.0 Å². The van der Waals surface area contributed by atoms with E-state index >= 15 is 0 Å². The Morgan fingerprint density at radius 2 is 1.52 bits per heavy atom. The third-order valence-electron chi connectivity index (χ3n) is 8.05. The van der Waals surface area contributed by atoms with Crippen molar-refractivity contribution in [2.45, 2.75) is 95.0 Å². The van der Waals surface area contributed by atoms with Gasteiger partial charge in [-0.15, -0.1) is 0 Å². The number of carbonyl (C=O) groups is 1. The highest BCUT2D eigenvalue weighted by atomic mass is 32.2. The van der Waals surface area contributed by atoms with Gasteiger partial charge in [-0.3, -0.25) is 4.79 Å². The predicted octanol–water partition coefficient (Wildman–Crippen LogP) is 5.62. The summed E-state index contributed by atoms with van der Waals surface area (Å²) in [5.74, 6) is 1.99. The van der Waals surface area contributed by atoms with E-state index < -0.39 is 0 Å². The van der Waals surface area contributed by atoms with Gasteiger partial charge in [0.2, 0.25) is 0 Å². The lowest BCUT2D eigenvalue weighted by Crippen LogP contribution is -2.59. The summed E-state index contributed by atoms with van der Waals surface area (Å²) in [5, 5.41) is 1.60. The molecule has 0 radical (unpaired) electrons. The summed E-state index contributed by atoms with van der Waals surface area (Å²) in [6, 6.07) is 0. The largest absolute Gasteiger partial charge is 0.299 e. The van der Waals surface area contributed by atoms with E-state index in [1.165, 1.54) is 70.6 Å². The summed E-state index contributed by atoms with van der Waals surface area (Å²) >= 11 is 2.22. The Bertz CT molecular complexity index is 510. The first-order chi connectivity index (χ1) is 10.9. The van der Waals surface area contributed by atoms with Gasteiger partial charge in [-0.1, -0.05) is 20.3 Å². The van der Waals surface area contributed by atoms with Crippen molar-refractivity contribution in [3.8, 4) is 0 Å². The van der Waals surface area contributed by atoms with Crippen molar-refractivity contribution >= 4 is 17.5 Å². The molecule has 4 saturated carbocycles. The molecule has 0 spiro atoms. The maximum atomic E-state index is 13.8. The van der Waals surface area contributed by atoms with Gasteiger partial charge >= 0.3 is 0 Å². The van der Waals surface area contributed by atoms with Gasteiger partial charge < -0.3 is 0 Å². The van der Waals surface area contributed by atoms with E-state index in [9.17, 15) is 4.79 Å². The van der Waals surface area contributed by atoms with Crippen molar-refractivity contribution in [2.24, 2.45) is 28.1 Å². The maximum absolute atomic E-state index is 13.8. The van der Waals surface area contributed by atoms with E-state index in [0.29, 0.717) is 16.7 Å². The second-order valence-electron chi connectivity index (χ2n) is 10.8. The van der Waals surface area contributed by atoms with Gasteiger partial charge in [0.1, 0.15) is 5.78 Å². The van der Waals surface area contributed by atoms with E-state index in [4.69, 9.17) is 0 Å². The summed E-state index contributed by atoms with van der Waals surface area (Å²) in [5.41, 5.74) is 1.04. The minimum Gasteiger partial charge on any atom is -0.299 e. The highest BCUT2D eigenvalue weighted by Gasteiger charge is 2.63. The van der Waals surface area contributed by atoms with E-state index in [1.807, 2.05) is 0 Å². The van der Waals surface area contributed by atoms with Gasteiger partial charge in [-0.25, -0.2) is 0 Å². The van der Waals surface area contributed by atoms with Crippen LogP contribution in [0.1, 0.15) is 84.5 Å². The molecule has 6 rings (SSSR count). The lowest BCUT2D eigenvalue weighted by molar-refractivity contribution is -0.172. The van der Waals surface area contributed by atoms with Gasteiger partial charge in [0, 0.05) is 21.8 Å². The number of hydrogen-bond donors (Lipinski definition) is 0. The molecule has 0 aromatic carbocycles. The van der Waals surface area contributed by atoms with Crippen LogP contribution in [0.5, 0.6) is 0 Å². The van der Waals surface area contributed by atoms with Crippen LogP contribution in [0.3, 0.4) is 0 Å². The van der Waals surface area contributed by atoms with Crippen LogP contribution in [-0.2, 0) is 4.79 Å². The predicted molar refractivity (Wildman–Crippen MR) is 96.6 cm³/mol. The van der Waals surface area contributed by atoms with E-state index in [-0.39, 0.29) is 5.41 Å². The van der Waals surface area contributed by atoms with Crippen LogP contribution in [0, 0.1) is 28.1 Å². The molecule has 0 aromatic rings. The first-order valence-electron chi connectivity index (χ1n) is 10.1. The second-order valence-corrected chi connectivity index (χ2v) is 12.4. The Labute approximate surface area is 145 Å². The fraction of sp³-hybridized carbons (Fsp3) is 0.952. The number of ketones is 1. The minimum atomic E-state index is 0.0872. The zero-order chi connectivity index (χ0) is 15.9. The quantitative estimate of drug-likeness (QED) is 0.653. The Hall–Kier alpha value is 0.0200. The molecule has 6 fully saturated rings. The second kappa shape index (κ2) is 4.80. The average Bonchev–Trinajstić information content (AvgIpc) is 2.42. The number of hydrogen-bond acceptors (Lipinski definition) is 2. The molecule has 2 heteroatoms. The van der Waals surface area contributed by atoms with Gasteiger partial charge in [0.05, 0.1) is 0 Å². The van der Waals surface area contributed by atoms with Crippen LogP contribution in [-0.4, -0.2) is 16.3 Å². The topological polar surface area (TPSA) is 17.1 Å². The summed E-state index contributed by atoms with van der Waals surface area (Å²) in [6.45, 7) is 5.01. The van der Waals surface area contributed by atoms with Crippen molar-refractivity contribution in [1.82, 2.24) is 0 Å². The van der Waals surface area contributed by atoms with Crippen molar-refractivity contribution < 1.29 is 4.79 Å². The highest BCUT2D eigenvalue weighted by molar-refractivity contribution is 8.00. The van der Waals surface area contributed by atoms with Crippen LogP contribution >= 0.6 is 11.8 Å². The van der Waals surface area contributed by atoms with Crippen LogP contribution < -0.4 is 0 Å². The summed E-state index contributed by atoms with van der Waals surface area (Å²) in [6.07, 6.45) is 14.5. The zero-order valence-corrected chi connectivity index (χ0v) is 15.7. The van der Waals surface area contributed by atoms with E-state index in [0.717, 1.165) is 22.2 Å². The standard InChI is InChI=1S/C21H32OS/c1-19-8-14-9-20(2,11-19)13-21(10-14,12-19)18(22)15-6-16-4-3-5-17(7-15)23-16/h14-17H,3-13H2,1-2H3. The Morgan fingerprint density at radius 1 is 0.913 bits per heavy atom. The van der Waals surface area contributed by atoms with Crippen LogP contribution in [0.15, 0.2) is 0 Å². The van der Waals surface area contributed by atoms with Gasteiger partial charge in [0.25, 0.3) is 0 Å². The average molecular weight is 333 g/mol. The fourth-order valence-electron chi connectivity index (χ4n) is 8.43. The van der Waals surface area contributed by atoms with E-state index in [1.54, 1.807) is 0 Å². The summed E-state index contributed by atoms with van der Waals surface area (Å²) in [7, 11) is 0. The molecule has 2 aliphatic heterocycles. The molecule has 2 saturated heterocycles. The Morgan fingerprint density at radius 3 is 2.09 bits per heavy atom. The molecule has 4 atom stereocenters. The molecule has 23 heavy (non-hydrogen) atoms. The lowest BCUT2D eigenvalue weighted by Gasteiger charge is -2.65. The van der Waals surface area contributed by atoms with Crippen molar-refractivity contribution in [3.05, 3.63) is 0 Å². The van der Waals surface area contributed by atoms with Crippen molar-refractivity contribution in [1.29, 1.82) is 0 Å². The first-order valence-corrected chi connectivity index (χ1v) is 11.0. The third kappa shape index (κ3) is 2.37. The third-order valence-corrected chi connectivity index (χ3v) is 9.68. The number of rotatable bonds is 2. The molecule has 0 aromatic heterocycles. The molecule has 4 aliphatic carbocycles.